The van der Waals surface area contributed by atoms with Gasteiger partial charge < -0.3 is 9.68 Å². The third-order valence-corrected chi connectivity index (χ3v) is 1.15. The molecule has 0 radical (unpaired) electrons. The first-order chi connectivity index (χ1) is 5.74. The highest BCUT2D eigenvalue weighted by Gasteiger charge is 2.19. The Bertz CT molecular complexity index is 257. The molecular weight excluding hydrogens is 166 g/mol. The summed E-state index contributed by atoms with van der Waals surface area (Å²) in [4.78, 5) is 3.38. The van der Waals surface area contributed by atoms with Crippen LogP contribution in [0.4, 0.5) is 4.39 Å². The Kier molecular flexibility index (Phi) is 3.04. The molecule has 2 N–H and O–H groups in total. The van der Waals surface area contributed by atoms with Crippen molar-refractivity contribution in [3.8, 4) is 5.75 Å². The molecule has 0 aliphatic rings. The Morgan fingerprint density at radius 3 is 2.58 bits per heavy atom. The lowest BCUT2D eigenvalue weighted by atomic mass is 10.2. The largest absolute Gasteiger partial charge is 0.739 e. The van der Waals surface area contributed by atoms with Gasteiger partial charge in [0.1, 0.15) is 5.75 Å². The lowest BCUT2D eigenvalue weighted by Crippen LogP contribution is -2.24. The summed E-state index contributed by atoms with van der Waals surface area (Å²) in [6.07, 6.45) is 0. The summed E-state index contributed by atoms with van der Waals surface area (Å²) in [6.45, 7) is 0. The SMILES string of the molecule is OOB(O)Oc1ccccc1F. The number of hydrogen-bond donors (Lipinski definition) is 2. The summed E-state index contributed by atoms with van der Waals surface area (Å²) in [5, 5.41) is 16.5. The zero-order valence-electron chi connectivity index (χ0n) is 5.98. The van der Waals surface area contributed by atoms with Crippen LogP contribution in [0.2, 0.25) is 0 Å². The van der Waals surface area contributed by atoms with E-state index in [-0.39, 0.29) is 5.75 Å². The summed E-state index contributed by atoms with van der Waals surface area (Å²) in [7, 11) is -1.87. The number of hydrogen-bond acceptors (Lipinski definition) is 4. The van der Waals surface area contributed by atoms with E-state index in [0.717, 1.165) is 6.07 Å². The molecule has 0 aromatic heterocycles. The Hall–Kier alpha value is -1.11. The second-order valence-corrected chi connectivity index (χ2v) is 1.96. The van der Waals surface area contributed by atoms with Crippen molar-refractivity contribution < 1.29 is 24.1 Å². The van der Waals surface area contributed by atoms with Gasteiger partial charge in [0.2, 0.25) is 0 Å². The maximum Gasteiger partial charge on any atom is 0.739 e. The van der Waals surface area contributed by atoms with Crippen LogP contribution < -0.4 is 4.65 Å². The zero-order chi connectivity index (χ0) is 8.97. The standard InChI is InChI=1S/C6H6BFO4/c8-5-3-1-2-4-6(5)11-7(9)12-10/h1-4,9-10H. The molecule has 1 aromatic carbocycles. The average molecular weight is 172 g/mol. The molecule has 0 amide bonds. The molecule has 0 aliphatic carbocycles. The second kappa shape index (κ2) is 4.05. The highest BCUT2D eigenvalue weighted by Crippen LogP contribution is 2.15. The maximum atomic E-state index is 12.7. The molecule has 0 saturated heterocycles. The predicted octanol–water partition coefficient (Wildman–Crippen LogP) is 0.671. The molecule has 0 heterocycles. The van der Waals surface area contributed by atoms with Crippen molar-refractivity contribution >= 4 is 7.32 Å². The second-order valence-electron chi connectivity index (χ2n) is 1.96. The van der Waals surface area contributed by atoms with Gasteiger partial charge >= 0.3 is 7.32 Å². The van der Waals surface area contributed by atoms with E-state index in [1.54, 1.807) is 0 Å². The molecule has 0 bridgehead atoms. The fourth-order valence-corrected chi connectivity index (χ4v) is 0.670. The normalized spacial score (nSPS) is 9.58. The van der Waals surface area contributed by atoms with E-state index in [1.807, 2.05) is 0 Å². The first kappa shape index (κ1) is 8.99. The first-order valence-electron chi connectivity index (χ1n) is 3.13. The summed E-state index contributed by atoms with van der Waals surface area (Å²) >= 11 is 0. The maximum absolute atomic E-state index is 12.7. The molecule has 1 rings (SSSR count). The minimum atomic E-state index is -1.87. The van der Waals surface area contributed by atoms with E-state index in [0.29, 0.717) is 0 Å². The fraction of sp³-hybridized carbons (Fsp3) is 0. The van der Waals surface area contributed by atoms with Gasteiger partial charge in [-0.15, -0.1) is 0 Å². The van der Waals surface area contributed by atoms with Gasteiger partial charge in [0, 0.05) is 0 Å². The third kappa shape index (κ3) is 2.19. The van der Waals surface area contributed by atoms with Crippen LogP contribution in [0.25, 0.3) is 0 Å². The lowest BCUT2D eigenvalue weighted by Gasteiger charge is -2.05. The van der Waals surface area contributed by atoms with Crippen LogP contribution in [0.1, 0.15) is 0 Å². The quantitative estimate of drug-likeness (QED) is 0.399. The summed E-state index contributed by atoms with van der Waals surface area (Å²) in [5.74, 6) is -0.840. The van der Waals surface area contributed by atoms with Crippen molar-refractivity contribution in [2.24, 2.45) is 0 Å². The number of halogens is 1. The Labute approximate surface area is 68.3 Å². The molecule has 0 aliphatic heterocycles. The number of rotatable bonds is 3. The third-order valence-electron chi connectivity index (χ3n) is 1.15. The van der Waals surface area contributed by atoms with Crippen molar-refractivity contribution in [2.45, 2.75) is 0 Å². The average Bonchev–Trinajstić information content (AvgIpc) is 2.09. The van der Waals surface area contributed by atoms with Crippen LogP contribution >= 0.6 is 0 Å². The van der Waals surface area contributed by atoms with Crippen molar-refractivity contribution in [3.63, 3.8) is 0 Å². The number of para-hydroxylation sites is 1. The minimum absolute atomic E-state index is 0.195. The molecule has 0 fully saturated rings. The molecule has 0 unspecified atom stereocenters. The van der Waals surface area contributed by atoms with Gasteiger partial charge in [-0.3, -0.25) is 5.26 Å². The van der Waals surface area contributed by atoms with Crippen molar-refractivity contribution in [2.75, 3.05) is 0 Å². The van der Waals surface area contributed by atoms with E-state index in [2.05, 4.69) is 9.46 Å². The molecule has 12 heavy (non-hydrogen) atoms. The van der Waals surface area contributed by atoms with Crippen LogP contribution in [-0.2, 0) is 4.81 Å². The van der Waals surface area contributed by atoms with E-state index in [1.165, 1.54) is 18.2 Å². The van der Waals surface area contributed by atoms with Gasteiger partial charge in [-0.05, 0) is 12.1 Å². The summed E-state index contributed by atoms with van der Waals surface area (Å²) < 4.78 is 17.1. The smallest absolute Gasteiger partial charge is 0.508 e. The highest BCUT2D eigenvalue weighted by atomic mass is 19.1. The fourth-order valence-electron chi connectivity index (χ4n) is 0.670. The van der Waals surface area contributed by atoms with Gasteiger partial charge in [-0.25, -0.2) is 9.20 Å². The van der Waals surface area contributed by atoms with Crippen LogP contribution in [-0.4, -0.2) is 17.6 Å². The van der Waals surface area contributed by atoms with Crippen LogP contribution in [0, 0.1) is 5.82 Å². The molecule has 0 saturated carbocycles. The Morgan fingerprint density at radius 2 is 2.00 bits per heavy atom. The minimum Gasteiger partial charge on any atom is -0.508 e. The van der Waals surface area contributed by atoms with Gasteiger partial charge in [0.05, 0.1) is 0 Å². The monoisotopic (exact) mass is 172 g/mol. The Balaban J connectivity index is 2.69. The van der Waals surface area contributed by atoms with Crippen molar-refractivity contribution in [1.82, 2.24) is 0 Å². The van der Waals surface area contributed by atoms with Crippen LogP contribution in [0.15, 0.2) is 24.3 Å². The van der Waals surface area contributed by atoms with Gasteiger partial charge in [-0.1, -0.05) is 12.1 Å². The van der Waals surface area contributed by atoms with Crippen molar-refractivity contribution in [3.05, 3.63) is 30.1 Å². The summed E-state index contributed by atoms with van der Waals surface area (Å²) in [6, 6.07) is 5.42. The van der Waals surface area contributed by atoms with E-state index >= 15 is 0 Å². The molecule has 0 spiro atoms. The molecule has 6 heteroatoms. The van der Waals surface area contributed by atoms with Crippen LogP contribution in [0.5, 0.6) is 5.75 Å². The predicted molar refractivity (Wildman–Crippen MR) is 38.7 cm³/mol. The highest BCUT2D eigenvalue weighted by molar-refractivity contribution is 6.35. The molecule has 64 valence electrons. The summed E-state index contributed by atoms with van der Waals surface area (Å²) in [5.41, 5.74) is 0. The van der Waals surface area contributed by atoms with E-state index in [4.69, 9.17) is 10.3 Å². The molecule has 4 nitrogen and oxygen atoms in total. The lowest BCUT2D eigenvalue weighted by molar-refractivity contribution is -0.171. The molecule has 0 atom stereocenters. The van der Waals surface area contributed by atoms with Gasteiger partial charge in [0.15, 0.2) is 5.82 Å². The topological polar surface area (TPSA) is 58.9 Å². The molecular formula is C6H6BFO4. The zero-order valence-corrected chi connectivity index (χ0v) is 5.98. The number of benzene rings is 1. The van der Waals surface area contributed by atoms with E-state index in [9.17, 15) is 4.39 Å². The van der Waals surface area contributed by atoms with E-state index < -0.39 is 13.1 Å². The van der Waals surface area contributed by atoms with Gasteiger partial charge in [0.25, 0.3) is 0 Å². The van der Waals surface area contributed by atoms with Gasteiger partial charge in [-0.2, -0.15) is 0 Å². The Morgan fingerprint density at radius 1 is 1.33 bits per heavy atom. The van der Waals surface area contributed by atoms with Crippen LogP contribution in [0.3, 0.4) is 0 Å². The molecule has 1 aromatic rings. The first-order valence-corrected chi connectivity index (χ1v) is 3.13. The van der Waals surface area contributed by atoms with Crippen molar-refractivity contribution in [1.29, 1.82) is 0 Å².